The van der Waals surface area contributed by atoms with Gasteiger partial charge in [-0.05, 0) is 66.8 Å². The third kappa shape index (κ3) is 5.37. The summed E-state index contributed by atoms with van der Waals surface area (Å²) in [5.41, 5.74) is 3.18. The van der Waals surface area contributed by atoms with E-state index < -0.39 is 15.9 Å². The molecule has 3 rings (SSSR count). The highest BCUT2D eigenvalue weighted by Gasteiger charge is 2.28. The zero-order valence-electron chi connectivity index (χ0n) is 20.7. The van der Waals surface area contributed by atoms with Crippen LogP contribution in [0.15, 0.2) is 35.2 Å². The molecule has 2 aromatic carbocycles. The van der Waals surface area contributed by atoms with Gasteiger partial charge < -0.3 is 19.5 Å². The Bertz CT molecular complexity index is 1140. The van der Waals surface area contributed by atoms with Crippen molar-refractivity contribution in [1.29, 1.82) is 0 Å². The van der Waals surface area contributed by atoms with Gasteiger partial charge in [-0.25, -0.2) is 8.42 Å². The molecule has 1 aliphatic heterocycles. The van der Waals surface area contributed by atoms with E-state index in [-0.39, 0.29) is 35.5 Å². The van der Waals surface area contributed by atoms with Gasteiger partial charge in [0.2, 0.25) is 10.0 Å². The molecule has 0 bridgehead atoms. The lowest BCUT2D eigenvalue weighted by Gasteiger charge is -2.26. The van der Waals surface area contributed by atoms with E-state index >= 15 is 0 Å². The van der Waals surface area contributed by atoms with Crippen LogP contribution in [-0.4, -0.2) is 59.2 Å². The van der Waals surface area contributed by atoms with Crippen LogP contribution in [0.25, 0.3) is 0 Å². The first kappa shape index (κ1) is 26.0. The second-order valence-corrected chi connectivity index (χ2v) is 10.6. The number of carbonyl (C=O) groups is 1. The average molecular weight is 491 g/mol. The van der Waals surface area contributed by atoms with Crippen molar-refractivity contribution in [2.75, 3.05) is 40.5 Å². The molecule has 2 aromatic rings. The van der Waals surface area contributed by atoms with Gasteiger partial charge in [0, 0.05) is 13.1 Å². The maximum Gasteiger partial charge on any atom is 0.255 e. The molecular weight excluding hydrogens is 456 g/mol. The number of nitrogens with zero attached hydrogens (tertiary/aromatic N) is 1. The standard InChI is InChI=1S/C25H34N2O6S/c1-16(2)20-15-21(17(3)13-24(20)32-6)18(4)26-25(28)22-14-19(7-8-23(22)31-5)34(29,30)27-9-11-33-12-10-27/h7-8,13-16,18H,9-12H2,1-6H3,(H,26,28)/t18-/m1/s1. The first-order valence-electron chi connectivity index (χ1n) is 11.3. The highest BCUT2D eigenvalue weighted by atomic mass is 32.2. The van der Waals surface area contributed by atoms with E-state index in [1.54, 1.807) is 7.11 Å². The van der Waals surface area contributed by atoms with Gasteiger partial charge >= 0.3 is 0 Å². The van der Waals surface area contributed by atoms with Gasteiger partial charge in [-0.1, -0.05) is 13.8 Å². The van der Waals surface area contributed by atoms with E-state index in [0.717, 1.165) is 22.4 Å². The number of amides is 1. The normalized spacial score (nSPS) is 15.7. The van der Waals surface area contributed by atoms with Gasteiger partial charge in [0.05, 0.1) is 43.9 Å². The number of rotatable bonds is 8. The molecule has 1 heterocycles. The molecule has 0 saturated carbocycles. The number of hydrogen-bond acceptors (Lipinski definition) is 6. The number of aryl methyl sites for hydroxylation is 1. The number of methoxy groups -OCH3 is 2. The van der Waals surface area contributed by atoms with Crippen molar-refractivity contribution in [2.45, 2.75) is 44.6 Å². The van der Waals surface area contributed by atoms with E-state index in [9.17, 15) is 13.2 Å². The second kappa shape index (κ2) is 10.8. The number of nitrogens with one attached hydrogen (secondary N) is 1. The number of ether oxygens (including phenoxy) is 3. The van der Waals surface area contributed by atoms with Crippen LogP contribution in [0.1, 0.15) is 59.8 Å². The first-order valence-corrected chi connectivity index (χ1v) is 12.8. The van der Waals surface area contributed by atoms with Crippen molar-refractivity contribution < 1.29 is 27.4 Å². The summed E-state index contributed by atoms with van der Waals surface area (Å²) in [5.74, 6) is 0.960. The fraction of sp³-hybridized carbons (Fsp3) is 0.480. The van der Waals surface area contributed by atoms with Crippen LogP contribution >= 0.6 is 0 Å². The van der Waals surface area contributed by atoms with Crippen LogP contribution in [-0.2, 0) is 14.8 Å². The number of sulfonamides is 1. The lowest BCUT2D eigenvalue weighted by atomic mass is 9.93. The van der Waals surface area contributed by atoms with Crippen molar-refractivity contribution in [3.63, 3.8) is 0 Å². The summed E-state index contributed by atoms with van der Waals surface area (Å²) in [6.07, 6.45) is 0. The second-order valence-electron chi connectivity index (χ2n) is 8.68. The predicted molar refractivity (Wildman–Crippen MR) is 130 cm³/mol. The molecule has 0 spiro atoms. The average Bonchev–Trinajstić information content (AvgIpc) is 2.83. The van der Waals surface area contributed by atoms with Crippen LogP contribution in [0.3, 0.4) is 0 Å². The zero-order valence-corrected chi connectivity index (χ0v) is 21.5. The Balaban J connectivity index is 1.91. The molecule has 0 unspecified atom stereocenters. The maximum absolute atomic E-state index is 13.3. The van der Waals surface area contributed by atoms with E-state index in [2.05, 4.69) is 25.2 Å². The molecule has 0 aliphatic carbocycles. The van der Waals surface area contributed by atoms with E-state index in [1.807, 2.05) is 19.9 Å². The largest absolute Gasteiger partial charge is 0.496 e. The zero-order chi connectivity index (χ0) is 25.0. The van der Waals surface area contributed by atoms with Crippen LogP contribution < -0.4 is 14.8 Å². The smallest absolute Gasteiger partial charge is 0.255 e. The highest BCUT2D eigenvalue weighted by Crippen LogP contribution is 2.32. The summed E-state index contributed by atoms with van der Waals surface area (Å²) >= 11 is 0. The van der Waals surface area contributed by atoms with Gasteiger partial charge in [-0.15, -0.1) is 0 Å². The molecule has 1 N–H and O–H groups in total. The fourth-order valence-electron chi connectivity index (χ4n) is 4.12. The van der Waals surface area contributed by atoms with Crippen LogP contribution in [0.5, 0.6) is 11.5 Å². The Morgan fingerprint density at radius 3 is 2.24 bits per heavy atom. The maximum atomic E-state index is 13.3. The van der Waals surface area contributed by atoms with Gasteiger partial charge in [-0.3, -0.25) is 4.79 Å². The van der Waals surface area contributed by atoms with E-state index in [0.29, 0.717) is 19.0 Å². The lowest BCUT2D eigenvalue weighted by molar-refractivity contribution is 0.0730. The number of hydrogen-bond donors (Lipinski definition) is 1. The van der Waals surface area contributed by atoms with Gasteiger partial charge in [0.15, 0.2) is 0 Å². The molecule has 34 heavy (non-hydrogen) atoms. The summed E-state index contributed by atoms with van der Waals surface area (Å²) in [6, 6.07) is 8.07. The van der Waals surface area contributed by atoms with Crippen molar-refractivity contribution in [3.05, 3.63) is 52.6 Å². The summed E-state index contributed by atoms with van der Waals surface area (Å²) in [4.78, 5) is 13.3. The minimum Gasteiger partial charge on any atom is -0.496 e. The topological polar surface area (TPSA) is 94.2 Å². The Morgan fingerprint density at radius 1 is 1.00 bits per heavy atom. The van der Waals surface area contributed by atoms with E-state index in [4.69, 9.17) is 14.2 Å². The third-order valence-electron chi connectivity index (χ3n) is 6.08. The Hall–Kier alpha value is -2.62. The van der Waals surface area contributed by atoms with Crippen molar-refractivity contribution >= 4 is 15.9 Å². The molecule has 186 valence electrons. The van der Waals surface area contributed by atoms with Gasteiger partial charge in [-0.2, -0.15) is 4.31 Å². The minimum absolute atomic E-state index is 0.0516. The SMILES string of the molecule is COc1ccc(S(=O)(=O)N2CCOCC2)cc1C(=O)N[C@H](C)c1cc(C(C)C)c(OC)cc1C. The molecule has 8 nitrogen and oxygen atoms in total. The number of benzene rings is 2. The molecular formula is C25H34N2O6S. The quantitative estimate of drug-likeness (QED) is 0.607. The Labute approximate surface area is 202 Å². The molecule has 1 fully saturated rings. The van der Waals surface area contributed by atoms with Gasteiger partial charge in [0.1, 0.15) is 11.5 Å². The molecule has 9 heteroatoms. The monoisotopic (exact) mass is 490 g/mol. The van der Waals surface area contributed by atoms with Crippen molar-refractivity contribution in [3.8, 4) is 11.5 Å². The van der Waals surface area contributed by atoms with Crippen LogP contribution in [0.4, 0.5) is 0 Å². The fourth-order valence-corrected chi connectivity index (χ4v) is 5.56. The molecule has 1 amide bonds. The summed E-state index contributed by atoms with van der Waals surface area (Å²) in [5, 5.41) is 3.00. The summed E-state index contributed by atoms with van der Waals surface area (Å²) in [7, 11) is -0.648. The van der Waals surface area contributed by atoms with E-state index in [1.165, 1.54) is 29.6 Å². The molecule has 1 atom stereocenters. The Morgan fingerprint density at radius 2 is 1.65 bits per heavy atom. The molecule has 1 aliphatic rings. The van der Waals surface area contributed by atoms with Crippen LogP contribution in [0, 0.1) is 6.92 Å². The predicted octanol–water partition coefficient (Wildman–Crippen LogP) is 3.65. The molecule has 0 radical (unpaired) electrons. The van der Waals surface area contributed by atoms with Crippen molar-refractivity contribution in [1.82, 2.24) is 9.62 Å². The Kier molecular flexibility index (Phi) is 8.22. The van der Waals surface area contributed by atoms with Crippen molar-refractivity contribution in [2.24, 2.45) is 0 Å². The highest BCUT2D eigenvalue weighted by molar-refractivity contribution is 7.89. The minimum atomic E-state index is -3.75. The number of morpholine rings is 1. The lowest BCUT2D eigenvalue weighted by Crippen LogP contribution is -2.40. The third-order valence-corrected chi connectivity index (χ3v) is 7.97. The van der Waals surface area contributed by atoms with Gasteiger partial charge in [0.25, 0.3) is 5.91 Å². The summed E-state index contributed by atoms with van der Waals surface area (Å²) in [6.45, 7) is 9.30. The number of carbonyl (C=O) groups excluding carboxylic acids is 1. The van der Waals surface area contributed by atoms with Crippen LogP contribution in [0.2, 0.25) is 0 Å². The molecule has 1 saturated heterocycles. The molecule has 0 aromatic heterocycles. The summed E-state index contributed by atoms with van der Waals surface area (Å²) < 4.78 is 43.7. The first-order chi connectivity index (χ1) is 16.1.